The van der Waals surface area contributed by atoms with Crippen LogP contribution in [-0.4, -0.2) is 53.6 Å². The van der Waals surface area contributed by atoms with E-state index in [0.717, 1.165) is 59.6 Å². The first-order valence-corrected chi connectivity index (χ1v) is 13.6. The van der Waals surface area contributed by atoms with Crippen molar-refractivity contribution in [2.24, 2.45) is 0 Å². The zero-order chi connectivity index (χ0) is 27.6. The van der Waals surface area contributed by atoms with Crippen LogP contribution < -0.4 is 15.0 Å². The van der Waals surface area contributed by atoms with Crippen molar-refractivity contribution >= 4 is 28.1 Å². The zero-order valence-corrected chi connectivity index (χ0v) is 23.1. The number of piperazine rings is 1. The molecule has 1 aliphatic heterocycles. The van der Waals surface area contributed by atoms with E-state index < -0.39 is 0 Å². The van der Waals surface area contributed by atoms with Crippen LogP contribution in [0.2, 0.25) is 0 Å². The van der Waals surface area contributed by atoms with Crippen molar-refractivity contribution in [3.63, 3.8) is 0 Å². The minimum absolute atomic E-state index is 0.186. The Morgan fingerprint density at radius 3 is 2.52 bits per heavy atom. The summed E-state index contributed by atoms with van der Waals surface area (Å²) < 4.78 is 8.41. The lowest BCUT2D eigenvalue weighted by molar-refractivity contribution is 0.102. The molecule has 1 fully saturated rings. The van der Waals surface area contributed by atoms with E-state index in [9.17, 15) is 4.79 Å². The number of likely N-dealkylation sites (N-methyl/N-ethyl adjacent to an activating group) is 1. The van der Waals surface area contributed by atoms with Gasteiger partial charge in [0, 0.05) is 79.0 Å². The summed E-state index contributed by atoms with van der Waals surface area (Å²) in [6.07, 6.45) is 7.72. The summed E-state index contributed by atoms with van der Waals surface area (Å²) in [6.45, 7) is 7.96. The number of anilines is 2. The molecule has 0 aliphatic carbocycles. The van der Waals surface area contributed by atoms with Gasteiger partial charge in [0.1, 0.15) is 11.5 Å². The summed E-state index contributed by atoms with van der Waals surface area (Å²) in [5.74, 6) is 1.16. The van der Waals surface area contributed by atoms with Crippen molar-refractivity contribution in [1.29, 1.82) is 0 Å². The fraction of sp³-hybridized carbons (Fsp3) is 0.212. The SMILES string of the molecule is Cc1ccn(-c2cc(NC(=O)c3ccc(C)c(Oc4cccc5ccncc45)c3)cc(N3CCN(C)CC3)c2)c1. The number of rotatable bonds is 6. The molecule has 3 heterocycles. The lowest BCUT2D eigenvalue weighted by atomic mass is 10.1. The molecule has 202 valence electrons. The highest BCUT2D eigenvalue weighted by Crippen LogP contribution is 2.32. The third-order valence-electron chi connectivity index (χ3n) is 7.48. The second kappa shape index (κ2) is 10.9. The maximum atomic E-state index is 13.5. The van der Waals surface area contributed by atoms with Crippen molar-refractivity contribution in [1.82, 2.24) is 14.5 Å². The number of benzene rings is 3. The Morgan fingerprint density at radius 1 is 0.900 bits per heavy atom. The molecule has 1 aliphatic rings. The molecule has 6 rings (SSSR count). The van der Waals surface area contributed by atoms with Gasteiger partial charge in [-0.2, -0.15) is 0 Å². The summed E-state index contributed by atoms with van der Waals surface area (Å²) in [5.41, 5.74) is 5.53. The molecule has 0 spiro atoms. The third-order valence-corrected chi connectivity index (χ3v) is 7.48. The molecule has 1 amide bonds. The number of fused-ring (bicyclic) bond motifs is 1. The fourth-order valence-electron chi connectivity index (χ4n) is 5.07. The predicted octanol–water partition coefficient (Wildman–Crippen LogP) is 6.44. The van der Waals surface area contributed by atoms with Gasteiger partial charge in [-0.05, 0) is 85.9 Å². The first-order valence-electron chi connectivity index (χ1n) is 13.6. The van der Waals surface area contributed by atoms with Gasteiger partial charge in [-0.3, -0.25) is 9.78 Å². The monoisotopic (exact) mass is 531 g/mol. The van der Waals surface area contributed by atoms with E-state index in [1.165, 1.54) is 5.56 Å². The van der Waals surface area contributed by atoms with Crippen LogP contribution in [0, 0.1) is 13.8 Å². The predicted molar refractivity (Wildman–Crippen MR) is 161 cm³/mol. The van der Waals surface area contributed by atoms with Crippen LogP contribution in [0.15, 0.2) is 91.5 Å². The molecule has 3 aromatic carbocycles. The van der Waals surface area contributed by atoms with Gasteiger partial charge in [-0.1, -0.05) is 18.2 Å². The zero-order valence-electron chi connectivity index (χ0n) is 23.1. The molecule has 1 N–H and O–H groups in total. The van der Waals surface area contributed by atoms with E-state index in [2.05, 4.69) is 69.2 Å². The van der Waals surface area contributed by atoms with Crippen molar-refractivity contribution in [3.8, 4) is 17.2 Å². The summed E-state index contributed by atoms with van der Waals surface area (Å²) in [6, 6.07) is 21.8. The third kappa shape index (κ3) is 5.42. The second-order valence-electron chi connectivity index (χ2n) is 10.5. The molecular formula is C33H33N5O2. The summed E-state index contributed by atoms with van der Waals surface area (Å²) in [7, 11) is 2.15. The maximum absolute atomic E-state index is 13.5. The standard InChI is InChI=1S/C33H33N5O2/c1-23-10-12-38(22-23)29-19-27(18-28(20-29)37-15-13-36(3)14-16-37)35-33(39)26-8-7-24(2)32(17-26)40-31-6-4-5-25-9-11-34-21-30(25)31/h4-12,17-22H,13-16H2,1-3H3,(H,35,39). The number of ether oxygens (including phenoxy) is 1. The van der Waals surface area contributed by atoms with Crippen molar-refractivity contribution < 1.29 is 9.53 Å². The number of aryl methyl sites for hydroxylation is 2. The van der Waals surface area contributed by atoms with Crippen LogP contribution in [0.3, 0.4) is 0 Å². The molecule has 0 unspecified atom stereocenters. The molecule has 7 nitrogen and oxygen atoms in total. The summed E-state index contributed by atoms with van der Waals surface area (Å²) >= 11 is 0. The van der Waals surface area contributed by atoms with E-state index in [1.807, 2.05) is 49.4 Å². The maximum Gasteiger partial charge on any atom is 0.255 e. The minimum Gasteiger partial charge on any atom is -0.456 e. The van der Waals surface area contributed by atoms with Crippen LogP contribution in [0.4, 0.5) is 11.4 Å². The van der Waals surface area contributed by atoms with Gasteiger partial charge in [0.25, 0.3) is 5.91 Å². The van der Waals surface area contributed by atoms with Gasteiger partial charge in [-0.15, -0.1) is 0 Å². The second-order valence-corrected chi connectivity index (χ2v) is 10.5. The Bertz CT molecular complexity index is 1680. The highest BCUT2D eigenvalue weighted by molar-refractivity contribution is 6.05. The van der Waals surface area contributed by atoms with E-state index in [-0.39, 0.29) is 5.91 Å². The molecule has 40 heavy (non-hydrogen) atoms. The Hall–Kier alpha value is -4.62. The van der Waals surface area contributed by atoms with E-state index in [0.29, 0.717) is 17.1 Å². The average Bonchev–Trinajstić information content (AvgIpc) is 3.41. The Balaban J connectivity index is 1.29. The highest BCUT2D eigenvalue weighted by Gasteiger charge is 2.17. The van der Waals surface area contributed by atoms with Gasteiger partial charge in [-0.25, -0.2) is 0 Å². The fourth-order valence-corrected chi connectivity index (χ4v) is 5.07. The summed E-state index contributed by atoms with van der Waals surface area (Å²) in [4.78, 5) is 22.5. The van der Waals surface area contributed by atoms with Crippen LogP contribution in [0.1, 0.15) is 21.5 Å². The van der Waals surface area contributed by atoms with Gasteiger partial charge in [0.15, 0.2) is 0 Å². The number of pyridine rings is 1. The average molecular weight is 532 g/mol. The molecule has 0 bridgehead atoms. The van der Waals surface area contributed by atoms with E-state index in [1.54, 1.807) is 18.5 Å². The Kier molecular flexibility index (Phi) is 6.97. The number of aromatic nitrogens is 2. The van der Waals surface area contributed by atoms with Gasteiger partial charge in [0.05, 0.1) is 0 Å². The Morgan fingerprint density at radius 2 is 1.73 bits per heavy atom. The number of nitrogens with zero attached hydrogens (tertiary/aromatic N) is 4. The molecule has 0 atom stereocenters. The molecule has 5 aromatic rings. The smallest absolute Gasteiger partial charge is 0.255 e. The quantitative estimate of drug-likeness (QED) is 0.273. The molecule has 1 saturated heterocycles. The molecule has 0 radical (unpaired) electrons. The highest BCUT2D eigenvalue weighted by atomic mass is 16.5. The van der Waals surface area contributed by atoms with E-state index in [4.69, 9.17) is 4.74 Å². The molecular weight excluding hydrogens is 498 g/mol. The van der Waals surface area contributed by atoms with Crippen molar-refractivity contribution in [2.45, 2.75) is 13.8 Å². The minimum atomic E-state index is -0.186. The lowest BCUT2D eigenvalue weighted by Gasteiger charge is -2.34. The normalized spacial score (nSPS) is 13.9. The number of carbonyl (C=O) groups is 1. The number of hydrogen-bond acceptors (Lipinski definition) is 5. The number of carbonyl (C=O) groups excluding carboxylic acids is 1. The van der Waals surface area contributed by atoms with Crippen LogP contribution >= 0.6 is 0 Å². The summed E-state index contributed by atoms with van der Waals surface area (Å²) in [5, 5.41) is 5.12. The topological polar surface area (TPSA) is 62.6 Å². The number of amides is 1. The van der Waals surface area contributed by atoms with E-state index >= 15 is 0 Å². The largest absolute Gasteiger partial charge is 0.456 e. The van der Waals surface area contributed by atoms with Gasteiger partial charge in [0.2, 0.25) is 0 Å². The number of hydrogen-bond donors (Lipinski definition) is 1. The molecule has 2 aromatic heterocycles. The first-order chi connectivity index (χ1) is 19.4. The van der Waals surface area contributed by atoms with Crippen molar-refractivity contribution in [3.05, 3.63) is 108 Å². The van der Waals surface area contributed by atoms with Crippen LogP contribution in [0.25, 0.3) is 16.5 Å². The molecule has 0 saturated carbocycles. The Labute approximate surface area is 234 Å². The van der Waals surface area contributed by atoms with Crippen molar-refractivity contribution in [2.75, 3.05) is 43.4 Å². The lowest BCUT2D eigenvalue weighted by Crippen LogP contribution is -2.44. The van der Waals surface area contributed by atoms with Crippen LogP contribution in [0.5, 0.6) is 11.5 Å². The molecule has 7 heteroatoms. The van der Waals surface area contributed by atoms with Gasteiger partial charge >= 0.3 is 0 Å². The first kappa shape index (κ1) is 25.6. The van der Waals surface area contributed by atoms with Crippen LogP contribution in [-0.2, 0) is 0 Å². The number of nitrogens with one attached hydrogen (secondary N) is 1. The van der Waals surface area contributed by atoms with Gasteiger partial charge < -0.3 is 24.4 Å².